The van der Waals surface area contributed by atoms with Gasteiger partial charge in [0.05, 0.1) is 0 Å². The quantitative estimate of drug-likeness (QED) is 0.471. The van der Waals surface area contributed by atoms with E-state index in [0.717, 1.165) is 0 Å². The van der Waals surface area contributed by atoms with Gasteiger partial charge in [-0.2, -0.15) is 0 Å². The number of fused-ring (bicyclic) bond motifs is 2. The molecule has 5 aliphatic rings. The molecule has 2 aliphatic carbocycles. The van der Waals surface area contributed by atoms with E-state index in [1.807, 2.05) is 23.5 Å². The average molecular weight is 488 g/mol. The van der Waals surface area contributed by atoms with Crippen LogP contribution >= 0.6 is 47.0 Å². The van der Waals surface area contributed by atoms with E-state index in [0.29, 0.717) is 29.9 Å². The van der Waals surface area contributed by atoms with Crippen molar-refractivity contribution in [3.63, 3.8) is 0 Å². The Kier molecular flexibility index (Phi) is 4.18. The molecule has 0 amide bonds. The standard InChI is InChI=1S/C16H10S4Se2/c1-2-9-4-5-11-12(8-10(9)3-1)20-13(19-11)16-21-14-15(22-16)18-7-6-17-14/h1-5,8H,6-7H2. The first kappa shape index (κ1) is 14.9. The first-order chi connectivity index (χ1) is 10.9. The van der Waals surface area contributed by atoms with Crippen LogP contribution in [0.4, 0.5) is 0 Å². The van der Waals surface area contributed by atoms with Gasteiger partial charge in [-0.25, -0.2) is 0 Å². The monoisotopic (exact) mass is 490 g/mol. The van der Waals surface area contributed by atoms with E-state index in [1.165, 1.54) is 32.4 Å². The van der Waals surface area contributed by atoms with Gasteiger partial charge in [0.25, 0.3) is 0 Å². The molecule has 0 bridgehead atoms. The van der Waals surface area contributed by atoms with Crippen LogP contribution in [0.15, 0.2) is 61.4 Å². The molecule has 0 spiro atoms. The van der Waals surface area contributed by atoms with E-state index in [-0.39, 0.29) is 0 Å². The summed E-state index contributed by atoms with van der Waals surface area (Å²) in [5, 5.41) is 0. The van der Waals surface area contributed by atoms with E-state index in [1.54, 1.807) is 15.2 Å². The minimum absolute atomic E-state index is 0.614. The van der Waals surface area contributed by atoms with Crippen LogP contribution in [0.1, 0.15) is 0 Å². The zero-order valence-corrected chi connectivity index (χ0v) is 18.0. The van der Waals surface area contributed by atoms with Gasteiger partial charge in [0, 0.05) is 0 Å². The van der Waals surface area contributed by atoms with Crippen molar-refractivity contribution in [1.29, 1.82) is 0 Å². The van der Waals surface area contributed by atoms with Crippen LogP contribution in [0, 0.1) is 0 Å². The van der Waals surface area contributed by atoms with Crippen LogP contribution in [0.5, 0.6) is 0 Å². The summed E-state index contributed by atoms with van der Waals surface area (Å²) in [6, 6.07) is 13.5. The van der Waals surface area contributed by atoms with Crippen LogP contribution in [-0.2, 0) is 0 Å². The molecule has 0 atom stereocenters. The minimum atomic E-state index is 0.614. The van der Waals surface area contributed by atoms with Gasteiger partial charge in [-0.1, -0.05) is 0 Å². The number of hydrogen-bond donors (Lipinski definition) is 0. The summed E-state index contributed by atoms with van der Waals surface area (Å²) in [5.74, 6) is 2.63. The maximum absolute atomic E-state index is 2.38. The molecule has 0 radical (unpaired) electrons. The molecular weight excluding hydrogens is 478 g/mol. The van der Waals surface area contributed by atoms with Gasteiger partial charge in [-0.15, -0.1) is 0 Å². The second-order valence-electron chi connectivity index (χ2n) is 4.90. The van der Waals surface area contributed by atoms with Gasteiger partial charge >= 0.3 is 161 Å². The summed E-state index contributed by atoms with van der Waals surface area (Å²) < 4.78 is 6.86. The predicted molar refractivity (Wildman–Crippen MR) is 105 cm³/mol. The summed E-state index contributed by atoms with van der Waals surface area (Å²) in [6.07, 6.45) is 0. The molecule has 0 saturated carbocycles. The molecule has 0 N–H and O–H groups in total. The zero-order chi connectivity index (χ0) is 14.5. The molecule has 0 aromatic carbocycles. The van der Waals surface area contributed by atoms with Crippen molar-refractivity contribution in [3.8, 4) is 11.1 Å². The Morgan fingerprint density at radius 1 is 0.773 bits per heavy atom. The summed E-state index contributed by atoms with van der Waals surface area (Å²) in [6.45, 7) is 0. The fourth-order valence-corrected chi connectivity index (χ4v) is 18.0. The van der Waals surface area contributed by atoms with E-state index in [2.05, 4.69) is 59.9 Å². The molecule has 22 heavy (non-hydrogen) atoms. The molecule has 0 unspecified atom stereocenters. The Bertz CT molecular complexity index is 792. The Morgan fingerprint density at radius 3 is 2.32 bits per heavy atom. The fourth-order valence-electron chi connectivity index (χ4n) is 2.46. The van der Waals surface area contributed by atoms with E-state index >= 15 is 0 Å². The summed E-state index contributed by atoms with van der Waals surface area (Å²) in [5.41, 5.74) is 2.72. The fraction of sp³-hybridized carbons (Fsp3) is 0.125. The van der Waals surface area contributed by atoms with Crippen molar-refractivity contribution in [3.05, 3.63) is 51.6 Å². The molecule has 6 heteroatoms. The summed E-state index contributed by atoms with van der Waals surface area (Å²) in [4.78, 5) is 2.89. The van der Waals surface area contributed by atoms with Crippen LogP contribution < -0.4 is 0 Å². The average Bonchev–Trinajstić information content (AvgIpc) is 3.23. The number of hydrogen-bond acceptors (Lipinski definition) is 4. The molecule has 0 aromatic rings. The van der Waals surface area contributed by atoms with Crippen LogP contribution in [0.2, 0.25) is 0 Å². The molecule has 0 aromatic heterocycles. The van der Waals surface area contributed by atoms with Crippen molar-refractivity contribution >= 4 is 77.0 Å². The summed E-state index contributed by atoms with van der Waals surface area (Å²) >= 11 is 9.52. The van der Waals surface area contributed by atoms with Crippen molar-refractivity contribution in [2.45, 2.75) is 9.79 Å². The van der Waals surface area contributed by atoms with Gasteiger partial charge in [-0.3, -0.25) is 0 Å². The summed E-state index contributed by atoms with van der Waals surface area (Å²) in [7, 11) is 0. The van der Waals surface area contributed by atoms with Crippen molar-refractivity contribution in [2.24, 2.45) is 0 Å². The molecule has 0 saturated heterocycles. The third kappa shape index (κ3) is 2.66. The first-order valence-electron chi connectivity index (χ1n) is 6.85. The molecule has 5 rings (SSSR count). The predicted octanol–water partition coefficient (Wildman–Crippen LogP) is 5.14. The molecule has 3 heterocycles. The van der Waals surface area contributed by atoms with Crippen molar-refractivity contribution in [2.75, 3.05) is 11.5 Å². The van der Waals surface area contributed by atoms with Gasteiger partial charge in [0.15, 0.2) is 0 Å². The van der Waals surface area contributed by atoms with Crippen LogP contribution in [0.3, 0.4) is 0 Å². The molecule has 0 fully saturated rings. The zero-order valence-electron chi connectivity index (χ0n) is 11.3. The first-order valence-corrected chi connectivity index (χ1v) is 13.9. The number of rotatable bonds is 0. The maximum atomic E-state index is 2.38. The third-order valence-corrected chi connectivity index (χ3v) is 18.0. The van der Waals surface area contributed by atoms with E-state index in [4.69, 9.17) is 0 Å². The van der Waals surface area contributed by atoms with Crippen LogP contribution in [0.25, 0.3) is 11.1 Å². The Morgan fingerprint density at radius 2 is 1.50 bits per heavy atom. The molecule has 110 valence electrons. The topological polar surface area (TPSA) is 0 Å². The second-order valence-corrected chi connectivity index (χ2v) is 16.2. The van der Waals surface area contributed by atoms with E-state index in [9.17, 15) is 0 Å². The number of thioether (sulfide) groups is 4. The van der Waals surface area contributed by atoms with Crippen molar-refractivity contribution < 1.29 is 0 Å². The van der Waals surface area contributed by atoms with Gasteiger partial charge in [-0.05, 0) is 0 Å². The Hall–Kier alpha value is 0.619. The van der Waals surface area contributed by atoms with Crippen LogP contribution in [-0.4, -0.2) is 41.4 Å². The molecule has 3 aliphatic heterocycles. The van der Waals surface area contributed by atoms with Gasteiger partial charge < -0.3 is 0 Å². The molecular formula is C16H10S4Se2. The normalized spacial score (nSPS) is 20.7. The van der Waals surface area contributed by atoms with Gasteiger partial charge in [0.2, 0.25) is 0 Å². The van der Waals surface area contributed by atoms with Crippen molar-refractivity contribution in [1.82, 2.24) is 0 Å². The van der Waals surface area contributed by atoms with E-state index < -0.39 is 0 Å². The van der Waals surface area contributed by atoms with Gasteiger partial charge in [0.1, 0.15) is 0 Å². The third-order valence-electron chi connectivity index (χ3n) is 3.49. The Labute approximate surface area is 159 Å². The Balaban J connectivity index is 1.49. The SMILES string of the molecule is c1cc2ccc3c(cc-2c1)SC(=C1[Se]C2=C(SCCS2)[Se]1)S3. The molecule has 0 nitrogen and oxygen atoms in total. The second kappa shape index (κ2) is 6.16.